The molecular formula is C13H20N2O2S2. The van der Waals surface area contributed by atoms with Crippen LogP contribution in [0.5, 0.6) is 0 Å². The highest BCUT2D eigenvalue weighted by Crippen LogP contribution is 2.44. The maximum atomic E-state index is 12.1. The van der Waals surface area contributed by atoms with Crippen molar-refractivity contribution in [3.63, 3.8) is 0 Å². The Labute approximate surface area is 118 Å². The van der Waals surface area contributed by atoms with Gasteiger partial charge >= 0.3 is 0 Å². The molecule has 0 amide bonds. The summed E-state index contributed by atoms with van der Waals surface area (Å²) in [5.74, 6) is 0. The zero-order valence-electron chi connectivity index (χ0n) is 11.1. The predicted molar refractivity (Wildman–Crippen MR) is 76.7 cm³/mol. The fourth-order valence-electron chi connectivity index (χ4n) is 1.87. The summed E-state index contributed by atoms with van der Waals surface area (Å²) in [6.07, 6.45) is 4.73. The topological polar surface area (TPSA) is 58.2 Å². The SMILES string of the molecule is CC1(CNS(=O)(=O)c2csc(CNC3CC3)c2)CC1. The van der Waals surface area contributed by atoms with Crippen molar-refractivity contribution in [1.82, 2.24) is 10.0 Å². The van der Waals surface area contributed by atoms with E-state index in [0.717, 1.165) is 24.3 Å². The van der Waals surface area contributed by atoms with Gasteiger partial charge in [-0.25, -0.2) is 13.1 Å². The normalized spacial score (nSPS) is 21.5. The lowest BCUT2D eigenvalue weighted by Crippen LogP contribution is -2.28. The van der Waals surface area contributed by atoms with Gasteiger partial charge in [-0.05, 0) is 37.2 Å². The van der Waals surface area contributed by atoms with Gasteiger partial charge < -0.3 is 5.32 Å². The molecule has 1 heterocycles. The molecule has 0 radical (unpaired) electrons. The summed E-state index contributed by atoms with van der Waals surface area (Å²) in [6.45, 7) is 3.46. The van der Waals surface area contributed by atoms with Crippen LogP contribution in [-0.4, -0.2) is 21.0 Å². The molecule has 0 unspecified atom stereocenters. The molecule has 1 aromatic heterocycles. The summed E-state index contributed by atoms with van der Waals surface area (Å²) in [4.78, 5) is 1.50. The van der Waals surface area contributed by atoms with Crippen LogP contribution in [0.15, 0.2) is 16.3 Å². The second-order valence-electron chi connectivity index (χ2n) is 6.04. The highest BCUT2D eigenvalue weighted by Gasteiger charge is 2.38. The van der Waals surface area contributed by atoms with E-state index in [0.29, 0.717) is 17.5 Å². The average molecular weight is 300 g/mol. The predicted octanol–water partition coefficient (Wildman–Crippen LogP) is 2.08. The van der Waals surface area contributed by atoms with Crippen LogP contribution >= 0.6 is 11.3 Å². The van der Waals surface area contributed by atoms with E-state index in [-0.39, 0.29) is 5.41 Å². The smallest absolute Gasteiger partial charge is 0.241 e. The van der Waals surface area contributed by atoms with Crippen molar-refractivity contribution in [2.24, 2.45) is 5.41 Å². The molecule has 0 atom stereocenters. The first-order chi connectivity index (χ1) is 8.97. The van der Waals surface area contributed by atoms with E-state index in [2.05, 4.69) is 17.0 Å². The molecule has 2 N–H and O–H groups in total. The zero-order chi connectivity index (χ0) is 13.5. The van der Waals surface area contributed by atoms with Crippen molar-refractivity contribution in [1.29, 1.82) is 0 Å². The Balaban J connectivity index is 1.59. The Morgan fingerprint density at radius 1 is 1.42 bits per heavy atom. The van der Waals surface area contributed by atoms with Crippen molar-refractivity contribution in [3.8, 4) is 0 Å². The minimum Gasteiger partial charge on any atom is -0.309 e. The van der Waals surface area contributed by atoms with Gasteiger partial charge in [-0.1, -0.05) is 6.92 Å². The third-order valence-electron chi connectivity index (χ3n) is 3.87. The fourth-order valence-corrected chi connectivity index (χ4v) is 4.29. The first kappa shape index (κ1) is 13.5. The van der Waals surface area contributed by atoms with Crippen LogP contribution in [-0.2, 0) is 16.6 Å². The van der Waals surface area contributed by atoms with E-state index in [1.54, 1.807) is 11.4 Å². The highest BCUT2D eigenvalue weighted by atomic mass is 32.2. The van der Waals surface area contributed by atoms with Gasteiger partial charge in [-0.3, -0.25) is 0 Å². The molecule has 1 aromatic rings. The van der Waals surface area contributed by atoms with Gasteiger partial charge in [-0.2, -0.15) is 0 Å². The summed E-state index contributed by atoms with van der Waals surface area (Å²) >= 11 is 1.51. The van der Waals surface area contributed by atoms with E-state index < -0.39 is 10.0 Å². The van der Waals surface area contributed by atoms with E-state index >= 15 is 0 Å². The molecule has 0 aromatic carbocycles. The average Bonchev–Trinajstić information content (AvgIpc) is 3.28. The molecule has 2 aliphatic carbocycles. The summed E-state index contributed by atoms with van der Waals surface area (Å²) in [6, 6.07) is 2.44. The quantitative estimate of drug-likeness (QED) is 0.810. The number of sulfonamides is 1. The summed E-state index contributed by atoms with van der Waals surface area (Å²) < 4.78 is 27.0. The van der Waals surface area contributed by atoms with E-state index in [9.17, 15) is 8.42 Å². The molecule has 19 heavy (non-hydrogen) atoms. The maximum Gasteiger partial charge on any atom is 0.241 e. The number of thiophene rings is 1. The van der Waals surface area contributed by atoms with Gasteiger partial charge in [-0.15, -0.1) is 11.3 Å². The van der Waals surface area contributed by atoms with Gasteiger partial charge in [0.2, 0.25) is 10.0 Å². The highest BCUT2D eigenvalue weighted by molar-refractivity contribution is 7.89. The van der Waals surface area contributed by atoms with Crippen molar-refractivity contribution in [2.75, 3.05) is 6.54 Å². The van der Waals surface area contributed by atoms with Crippen molar-refractivity contribution < 1.29 is 8.42 Å². The number of rotatable bonds is 7. The van der Waals surface area contributed by atoms with Gasteiger partial charge in [0.1, 0.15) is 0 Å². The Morgan fingerprint density at radius 2 is 2.16 bits per heavy atom. The molecule has 0 spiro atoms. The molecule has 3 rings (SSSR count). The molecule has 0 saturated heterocycles. The molecule has 4 nitrogen and oxygen atoms in total. The van der Waals surface area contributed by atoms with Crippen molar-refractivity contribution in [3.05, 3.63) is 16.3 Å². The fraction of sp³-hybridized carbons (Fsp3) is 0.692. The lowest BCUT2D eigenvalue weighted by Gasteiger charge is -2.09. The zero-order valence-corrected chi connectivity index (χ0v) is 12.7. The Bertz CT molecular complexity index is 557. The Morgan fingerprint density at radius 3 is 2.79 bits per heavy atom. The number of hydrogen-bond donors (Lipinski definition) is 2. The Kier molecular flexibility index (Phi) is 3.45. The largest absolute Gasteiger partial charge is 0.309 e. The minimum atomic E-state index is -3.32. The van der Waals surface area contributed by atoms with Gasteiger partial charge in [0.05, 0.1) is 4.90 Å². The first-order valence-electron chi connectivity index (χ1n) is 6.77. The summed E-state index contributed by atoms with van der Waals surface area (Å²) in [5.41, 5.74) is 0.194. The molecule has 106 valence electrons. The molecule has 0 bridgehead atoms. The van der Waals surface area contributed by atoms with Crippen LogP contribution < -0.4 is 10.0 Å². The lowest BCUT2D eigenvalue weighted by molar-refractivity contribution is 0.530. The third-order valence-corrected chi connectivity index (χ3v) is 6.34. The standard InChI is InChI=1S/C13H20N2O2S2/c1-13(4-5-13)9-15-19(16,17)12-6-11(18-8-12)7-14-10-2-3-10/h6,8,10,14-15H,2-5,7,9H2,1H3. The van der Waals surface area contributed by atoms with E-state index in [4.69, 9.17) is 0 Å². The molecular weight excluding hydrogens is 280 g/mol. The van der Waals surface area contributed by atoms with E-state index in [1.807, 2.05) is 0 Å². The van der Waals surface area contributed by atoms with Crippen LogP contribution in [0.1, 0.15) is 37.5 Å². The van der Waals surface area contributed by atoms with Crippen LogP contribution in [0, 0.1) is 5.41 Å². The van der Waals surface area contributed by atoms with E-state index in [1.165, 1.54) is 24.2 Å². The number of nitrogens with one attached hydrogen (secondary N) is 2. The second kappa shape index (κ2) is 4.84. The van der Waals surface area contributed by atoms with Gasteiger partial charge in [0.25, 0.3) is 0 Å². The third kappa shape index (κ3) is 3.56. The van der Waals surface area contributed by atoms with Gasteiger partial charge in [0, 0.05) is 29.4 Å². The molecule has 6 heteroatoms. The van der Waals surface area contributed by atoms with Crippen LogP contribution in [0.25, 0.3) is 0 Å². The van der Waals surface area contributed by atoms with Crippen molar-refractivity contribution in [2.45, 2.75) is 50.1 Å². The lowest BCUT2D eigenvalue weighted by atomic mass is 10.2. The first-order valence-corrected chi connectivity index (χ1v) is 9.14. The van der Waals surface area contributed by atoms with Crippen LogP contribution in [0.2, 0.25) is 0 Å². The van der Waals surface area contributed by atoms with Crippen LogP contribution in [0.3, 0.4) is 0 Å². The van der Waals surface area contributed by atoms with Crippen molar-refractivity contribution >= 4 is 21.4 Å². The van der Waals surface area contributed by atoms with Gasteiger partial charge in [0.15, 0.2) is 0 Å². The second-order valence-corrected chi connectivity index (χ2v) is 8.80. The minimum absolute atomic E-state index is 0.194. The monoisotopic (exact) mass is 300 g/mol. The Hall–Kier alpha value is -0.430. The molecule has 2 saturated carbocycles. The summed E-state index contributed by atoms with van der Waals surface area (Å²) in [7, 11) is -3.32. The molecule has 2 aliphatic rings. The maximum absolute atomic E-state index is 12.1. The number of hydrogen-bond acceptors (Lipinski definition) is 4. The summed E-state index contributed by atoms with van der Waals surface area (Å²) in [5, 5.41) is 5.14. The van der Waals surface area contributed by atoms with Crippen LogP contribution in [0.4, 0.5) is 0 Å². The molecule has 2 fully saturated rings. The molecule has 0 aliphatic heterocycles.